The predicted octanol–water partition coefficient (Wildman–Crippen LogP) is 1.51. The molecule has 0 saturated carbocycles. The van der Waals surface area contributed by atoms with E-state index in [9.17, 15) is 5.11 Å². The van der Waals surface area contributed by atoms with Crippen LogP contribution in [-0.2, 0) is 5.60 Å². The quantitative estimate of drug-likeness (QED) is 0.817. The summed E-state index contributed by atoms with van der Waals surface area (Å²) < 4.78 is 10.4. The van der Waals surface area contributed by atoms with E-state index in [1.807, 2.05) is 19.9 Å². The van der Waals surface area contributed by atoms with Gasteiger partial charge in [-0.1, -0.05) is 19.9 Å². The Labute approximate surface area is 102 Å². The Balaban J connectivity index is 3.23. The van der Waals surface area contributed by atoms with Gasteiger partial charge >= 0.3 is 0 Å². The molecule has 1 unspecified atom stereocenters. The van der Waals surface area contributed by atoms with Crippen LogP contribution in [0.5, 0.6) is 11.5 Å². The number of hydrogen-bond acceptors (Lipinski definition) is 4. The second-order valence-electron chi connectivity index (χ2n) is 4.35. The molecule has 17 heavy (non-hydrogen) atoms. The molecule has 0 aliphatic carbocycles. The maximum absolute atomic E-state index is 10.5. The van der Waals surface area contributed by atoms with Crippen molar-refractivity contribution >= 4 is 0 Å². The highest BCUT2D eigenvalue weighted by molar-refractivity contribution is 5.44. The first kappa shape index (κ1) is 13.8. The molecule has 0 aliphatic rings. The normalized spacial score (nSPS) is 14.5. The zero-order chi connectivity index (χ0) is 13.1. The molecule has 1 aromatic rings. The van der Waals surface area contributed by atoms with E-state index in [1.54, 1.807) is 26.4 Å². The summed E-state index contributed by atoms with van der Waals surface area (Å²) in [5.41, 5.74) is 5.38. The van der Waals surface area contributed by atoms with Crippen LogP contribution >= 0.6 is 0 Å². The Morgan fingerprint density at radius 3 is 2.24 bits per heavy atom. The standard InChI is InChI=1S/C13H21NO3/c1-9(2)13(15,8-14)10-5-6-11(16-3)12(7-10)17-4/h5-7,9,15H,8,14H2,1-4H3. The number of benzene rings is 1. The Morgan fingerprint density at radius 1 is 1.24 bits per heavy atom. The summed E-state index contributed by atoms with van der Waals surface area (Å²) in [7, 11) is 3.15. The molecule has 0 radical (unpaired) electrons. The second kappa shape index (κ2) is 5.38. The van der Waals surface area contributed by atoms with Gasteiger partial charge in [0.15, 0.2) is 11.5 Å². The van der Waals surface area contributed by atoms with Crippen LogP contribution in [0.15, 0.2) is 18.2 Å². The minimum Gasteiger partial charge on any atom is -0.493 e. The number of rotatable bonds is 5. The highest BCUT2D eigenvalue weighted by Crippen LogP contribution is 2.35. The average molecular weight is 239 g/mol. The lowest BCUT2D eigenvalue weighted by Gasteiger charge is -2.31. The van der Waals surface area contributed by atoms with Gasteiger partial charge in [0.25, 0.3) is 0 Å². The third-order valence-corrected chi connectivity index (χ3v) is 3.15. The number of methoxy groups -OCH3 is 2. The Kier molecular flexibility index (Phi) is 4.37. The fourth-order valence-electron chi connectivity index (χ4n) is 1.79. The molecule has 0 amide bonds. The molecular weight excluding hydrogens is 218 g/mol. The summed E-state index contributed by atoms with van der Waals surface area (Å²) in [6, 6.07) is 5.36. The fraction of sp³-hybridized carbons (Fsp3) is 0.538. The monoisotopic (exact) mass is 239 g/mol. The van der Waals surface area contributed by atoms with Crippen LogP contribution in [-0.4, -0.2) is 25.9 Å². The lowest BCUT2D eigenvalue weighted by Crippen LogP contribution is -2.39. The lowest BCUT2D eigenvalue weighted by atomic mass is 9.83. The molecule has 0 bridgehead atoms. The molecule has 0 spiro atoms. The zero-order valence-electron chi connectivity index (χ0n) is 10.9. The first-order valence-electron chi connectivity index (χ1n) is 5.64. The van der Waals surface area contributed by atoms with E-state index in [0.717, 1.165) is 5.56 Å². The smallest absolute Gasteiger partial charge is 0.161 e. The SMILES string of the molecule is COc1ccc(C(O)(CN)C(C)C)cc1OC. The van der Waals surface area contributed by atoms with Crippen LogP contribution in [0.1, 0.15) is 19.4 Å². The summed E-state index contributed by atoms with van der Waals surface area (Å²) in [6.07, 6.45) is 0. The third-order valence-electron chi connectivity index (χ3n) is 3.15. The van der Waals surface area contributed by atoms with Gasteiger partial charge in [-0.15, -0.1) is 0 Å². The molecule has 1 atom stereocenters. The molecule has 0 aromatic heterocycles. The molecule has 0 heterocycles. The van der Waals surface area contributed by atoms with Gasteiger partial charge in [0.2, 0.25) is 0 Å². The molecular formula is C13H21NO3. The van der Waals surface area contributed by atoms with E-state index in [0.29, 0.717) is 11.5 Å². The van der Waals surface area contributed by atoms with Gasteiger partial charge in [-0.2, -0.15) is 0 Å². The second-order valence-corrected chi connectivity index (χ2v) is 4.35. The number of hydrogen-bond donors (Lipinski definition) is 2. The first-order chi connectivity index (χ1) is 7.99. The van der Waals surface area contributed by atoms with Crippen molar-refractivity contribution in [3.05, 3.63) is 23.8 Å². The van der Waals surface area contributed by atoms with Gasteiger partial charge in [0.1, 0.15) is 5.60 Å². The third kappa shape index (κ3) is 2.53. The van der Waals surface area contributed by atoms with Gasteiger partial charge in [-0.05, 0) is 23.6 Å². The van der Waals surface area contributed by atoms with E-state index >= 15 is 0 Å². The number of aliphatic hydroxyl groups is 1. The van der Waals surface area contributed by atoms with Crippen LogP contribution in [0.2, 0.25) is 0 Å². The largest absolute Gasteiger partial charge is 0.493 e. The van der Waals surface area contributed by atoms with Crippen molar-refractivity contribution in [2.24, 2.45) is 11.7 Å². The average Bonchev–Trinajstić information content (AvgIpc) is 2.36. The van der Waals surface area contributed by atoms with Crippen molar-refractivity contribution in [1.82, 2.24) is 0 Å². The van der Waals surface area contributed by atoms with Crippen LogP contribution in [0.3, 0.4) is 0 Å². The first-order valence-corrected chi connectivity index (χ1v) is 5.64. The molecule has 1 aromatic carbocycles. The van der Waals surface area contributed by atoms with Crippen molar-refractivity contribution in [3.63, 3.8) is 0 Å². The highest BCUT2D eigenvalue weighted by Gasteiger charge is 2.32. The number of ether oxygens (including phenoxy) is 2. The van der Waals surface area contributed by atoms with E-state index in [2.05, 4.69) is 0 Å². The summed E-state index contributed by atoms with van der Waals surface area (Å²) in [4.78, 5) is 0. The van der Waals surface area contributed by atoms with E-state index < -0.39 is 5.60 Å². The van der Waals surface area contributed by atoms with Crippen LogP contribution < -0.4 is 15.2 Å². The van der Waals surface area contributed by atoms with E-state index in [1.165, 1.54) is 0 Å². The van der Waals surface area contributed by atoms with Crippen molar-refractivity contribution in [2.75, 3.05) is 20.8 Å². The van der Waals surface area contributed by atoms with E-state index in [-0.39, 0.29) is 12.5 Å². The van der Waals surface area contributed by atoms with Gasteiger partial charge < -0.3 is 20.3 Å². The van der Waals surface area contributed by atoms with Crippen molar-refractivity contribution in [1.29, 1.82) is 0 Å². The van der Waals surface area contributed by atoms with Gasteiger partial charge in [-0.3, -0.25) is 0 Å². The van der Waals surface area contributed by atoms with Gasteiger partial charge in [0.05, 0.1) is 14.2 Å². The summed E-state index contributed by atoms with van der Waals surface area (Å²) in [6.45, 7) is 4.04. The Morgan fingerprint density at radius 2 is 1.82 bits per heavy atom. The number of nitrogens with two attached hydrogens (primary N) is 1. The molecule has 0 fully saturated rings. The molecule has 0 saturated heterocycles. The maximum Gasteiger partial charge on any atom is 0.161 e. The fourth-order valence-corrected chi connectivity index (χ4v) is 1.79. The summed E-state index contributed by atoms with van der Waals surface area (Å²) in [5, 5.41) is 10.5. The topological polar surface area (TPSA) is 64.7 Å². The molecule has 96 valence electrons. The van der Waals surface area contributed by atoms with Gasteiger partial charge in [0, 0.05) is 6.54 Å². The molecule has 0 aliphatic heterocycles. The highest BCUT2D eigenvalue weighted by atomic mass is 16.5. The predicted molar refractivity (Wildman–Crippen MR) is 67.3 cm³/mol. The maximum atomic E-state index is 10.5. The van der Waals surface area contributed by atoms with Crippen molar-refractivity contribution in [3.8, 4) is 11.5 Å². The Hall–Kier alpha value is -1.26. The van der Waals surface area contributed by atoms with Crippen LogP contribution in [0.25, 0.3) is 0 Å². The molecule has 4 nitrogen and oxygen atoms in total. The summed E-state index contributed by atoms with van der Waals surface area (Å²) in [5.74, 6) is 1.25. The molecule has 4 heteroatoms. The lowest BCUT2D eigenvalue weighted by molar-refractivity contribution is -0.00134. The zero-order valence-corrected chi connectivity index (χ0v) is 10.9. The van der Waals surface area contributed by atoms with Gasteiger partial charge in [-0.25, -0.2) is 0 Å². The van der Waals surface area contributed by atoms with Crippen LogP contribution in [0, 0.1) is 5.92 Å². The minimum absolute atomic E-state index is 0.0191. The Bertz CT molecular complexity index is 379. The summed E-state index contributed by atoms with van der Waals surface area (Å²) >= 11 is 0. The molecule has 3 N–H and O–H groups in total. The van der Waals surface area contributed by atoms with E-state index in [4.69, 9.17) is 15.2 Å². The van der Waals surface area contributed by atoms with Crippen molar-refractivity contribution < 1.29 is 14.6 Å². The molecule has 1 rings (SSSR count). The van der Waals surface area contributed by atoms with Crippen molar-refractivity contribution in [2.45, 2.75) is 19.4 Å². The minimum atomic E-state index is -1.04. The van der Waals surface area contributed by atoms with Crippen LogP contribution in [0.4, 0.5) is 0 Å².